The highest BCUT2D eigenvalue weighted by Crippen LogP contribution is 2.49. The highest BCUT2D eigenvalue weighted by atomic mass is 15.1. The predicted molar refractivity (Wildman–Crippen MR) is 101 cm³/mol. The summed E-state index contributed by atoms with van der Waals surface area (Å²) in [4.78, 5) is 2.25. The molecule has 0 saturated heterocycles. The van der Waals surface area contributed by atoms with Gasteiger partial charge >= 0.3 is 0 Å². The van der Waals surface area contributed by atoms with Gasteiger partial charge in [-0.2, -0.15) is 0 Å². The summed E-state index contributed by atoms with van der Waals surface area (Å²) in [6.45, 7) is 8.78. The summed E-state index contributed by atoms with van der Waals surface area (Å²) in [6.07, 6.45) is 6.37. The molecule has 0 saturated carbocycles. The van der Waals surface area contributed by atoms with Gasteiger partial charge in [-0.1, -0.05) is 56.3 Å². The van der Waals surface area contributed by atoms with Crippen LogP contribution in [-0.2, 0) is 5.41 Å². The average Bonchev–Trinajstić information content (AvgIpc) is 2.80. The minimum Gasteiger partial charge on any atom is -0.345 e. The lowest BCUT2D eigenvalue weighted by Crippen LogP contribution is -2.18. The maximum absolute atomic E-state index is 2.35. The molecular formula is C22H25N. The van der Waals surface area contributed by atoms with Gasteiger partial charge in [-0.3, -0.25) is 0 Å². The monoisotopic (exact) mass is 303 g/mol. The lowest BCUT2D eigenvalue weighted by atomic mass is 9.82. The van der Waals surface area contributed by atoms with Gasteiger partial charge in [-0.05, 0) is 54.3 Å². The number of fused-ring (bicyclic) bond motifs is 3. The van der Waals surface area contributed by atoms with Gasteiger partial charge in [-0.15, -0.1) is 0 Å². The van der Waals surface area contributed by atoms with Crippen LogP contribution < -0.4 is 4.90 Å². The lowest BCUT2D eigenvalue weighted by molar-refractivity contribution is 0.660. The molecule has 0 heterocycles. The van der Waals surface area contributed by atoms with E-state index in [0.29, 0.717) is 0 Å². The number of anilines is 1. The Morgan fingerprint density at radius 2 is 1.65 bits per heavy atom. The highest BCUT2D eigenvalue weighted by Gasteiger charge is 2.35. The van der Waals surface area contributed by atoms with Crippen molar-refractivity contribution in [2.45, 2.75) is 33.1 Å². The SMILES string of the molecule is C/C=C\C(=C/C)N(C)c1ccc2c(c1)C(C)(C)c1ccccc1-2. The highest BCUT2D eigenvalue weighted by molar-refractivity contribution is 5.82. The van der Waals surface area contributed by atoms with E-state index >= 15 is 0 Å². The molecule has 0 aliphatic heterocycles. The standard InChI is InChI=1S/C22H25N/c1-6-10-16(7-2)23(5)17-13-14-19-18-11-8-9-12-20(18)22(3,4)21(19)15-17/h6-15H,1-5H3/b10-6-,16-7+. The van der Waals surface area contributed by atoms with E-state index in [1.807, 2.05) is 0 Å². The van der Waals surface area contributed by atoms with Crippen molar-refractivity contribution in [3.05, 3.63) is 77.5 Å². The van der Waals surface area contributed by atoms with E-state index in [4.69, 9.17) is 0 Å². The summed E-state index contributed by atoms with van der Waals surface area (Å²) in [6, 6.07) is 15.6. The van der Waals surface area contributed by atoms with Crippen LogP contribution in [0, 0.1) is 0 Å². The quantitative estimate of drug-likeness (QED) is 0.637. The number of nitrogens with zero attached hydrogens (tertiary/aromatic N) is 1. The second-order valence-corrected chi connectivity index (χ2v) is 6.67. The van der Waals surface area contributed by atoms with E-state index in [-0.39, 0.29) is 5.41 Å². The first kappa shape index (κ1) is 15.6. The van der Waals surface area contributed by atoms with Gasteiger partial charge in [0.1, 0.15) is 0 Å². The molecule has 0 atom stereocenters. The summed E-state index contributed by atoms with van der Waals surface area (Å²) < 4.78 is 0. The van der Waals surface area contributed by atoms with Crippen molar-refractivity contribution >= 4 is 5.69 Å². The van der Waals surface area contributed by atoms with Gasteiger partial charge in [-0.25, -0.2) is 0 Å². The molecule has 0 radical (unpaired) electrons. The summed E-state index contributed by atoms with van der Waals surface area (Å²) >= 11 is 0. The topological polar surface area (TPSA) is 3.24 Å². The third kappa shape index (κ3) is 2.41. The number of benzene rings is 2. The molecule has 1 nitrogen and oxygen atoms in total. The molecule has 0 aromatic heterocycles. The zero-order chi connectivity index (χ0) is 16.6. The van der Waals surface area contributed by atoms with Crippen molar-refractivity contribution in [1.82, 2.24) is 0 Å². The largest absolute Gasteiger partial charge is 0.345 e. The maximum atomic E-state index is 2.35. The van der Waals surface area contributed by atoms with E-state index in [1.54, 1.807) is 0 Å². The molecular weight excluding hydrogens is 278 g/mol. The Bertz CT molecular complexity index is 793. The zero-order valence-electron chi connectivity index (χ0n) is 14.7. The van der Waals surface area contributed by atoms with Crippen molar-refractivity contribution in [1.29, 1.82) is 0 Å². The number of allylic oxidation sites excluding steroid dienone is 3. The number of rotatable bonds is 3. The third-order valence-corrected chi connectivity index (χ3v) is 4.97. The van der Waals surface area contributed by atoms with Gasteiger partial charge in [0.2, 0.25) is 0 Å². The summed E-state index contributed by atoms with van der Waals surface area (Å²) in [5.74, 6) is 0. The van der Waals surface area contributed by atoms with E-state index in [9.17, 15) is 0 Å². The Hall–Kier alpha value is -2.28. The van der Waals surface area contributed by atoms with Crippen LogP contribution in [0.25, 0.3) is 11.1 Å². The van der Waals surface area contributed by atoms with E-state index in [0.717, 1.165) is 0 Å². The summed E-state index contributed by atoms with van der Waals surface area (Å²) in [5, 5.41) is 0. The predicted octanol–water partition coefficient (Wildman–Crippen LogP) is 5.91. The van der Waals surface area contributed by atoms with E-state index in [1.165, 1.54) is 33.6 Å². The number of hydrogen-bond donors (Lipinski definition) is 0. The number of likely N-dealkylation sites (N-methyl/N-ethyl adjacent to an activating group) is 1. The first-order chi connectivity index (χ1) is 11.0. The molecule has 23 heavy (non-hydrogen) atoms. The van der Waals surface area contributed by atoms with Crippen LogP contribution in [-0.4, -0.2) is 7.05 Å². The van der Waals surface area contributed by atoms with Crippen LogP contribution in [0.1, 0.15) is 38.8 Å². The molecule has 1 aliphatic rings. The van der Waals surface area contributed by atoms with Crippen molar-refractivity contribution in [2.75, 3.05) is 11.9 Å². The van der Waals surface area contributed by atoms with Crippen molar-refractivity contribution in [3.63, 3.8) is 0 Å². The molecule has 118 valence electrons. The van der Waals surface area contributed by atoms with Gasteiger partial charge < -0.3 is 4.90 Å². The van der Waals surface area contributed by atoms with E-state index in [2.05, 4.69) is 100 Å². The van der Waals surface area contributed by atoms with Gasteiger partial charge in [0, 0.05) is 23.8 Å². The summed E-state index contributed by atoms with van der Waals surface area (Å²) in [7, 11) is 2.13. The third-order valence-electron chi connectivity index (χ3n) is 4.97. The second-order valence-electron chi connectivity index (χ2n) is 6.67. The Morgan fingerprint density at radius 3 is 2.35 bits per heavy atom. The Balaban J connectivity index is 2.10. The van der Waals surface area contributed by atoms with Crippen molar-refractivity contribution in [3.8, 4) is 11.1 Å². The van der Waals surface area contributed by atoms with Crippen LogP contribution >= 0.6 is 0 Å². The van der Waals surface area contributed by atoms with Gasteiger partial charge in [0.25, 0.3) is 0 Å². The molecule has 1 heteroatoms. The van der Waals surface area contributed by atoms with Crippen molar-refractivity contribution < 1.29 is 0 Å². The molecule has 1 aliphatic carbocycles. The van der Waals surface area contributed by atoms with Crippen LogP contribution in [0.3, 0.4) is 0 Å². The molecule has 0 N–H and O–H groups in total. The molecule has 0 bridgehead atoms. The first-order valence-corrected chi connectivity index (χ1v) is 8.28. The normalized spacial score (nSPS) is 15.6. The zero-order valence-corrected chi connectivity index (χ0v) is 14.7. The minimum atomic E-state index is 0.0550. The van der Waals surface area contributed by atoms with Crippen molar-refractivity contribution in [2.24, 2.45) is 0 Å². The molecule has 0 fully saturated rings. The molecule has 3 rings (SSSR count). The molecule has 0 spiro atoms. The second kappa shape index (κ2) is 5.73. The lowest BCUT2D eigenvalue weighted by Gasteiger charge is -2.25. The maximum Gasteiger partial charge on any atom is 0.0411 e. The molecule has 0 amide bonds. The Labute approximate surface area is 140 Å². The van der Waals surface area contributed by atoms with Gasteiger partial charge in [0.05, 0.1) is 0 Å². The smallest absolute Gasteiger partial charge is 0.0411 e. The fraction of sp³-hybridized carbons (Fsp3) is 0.273. The molecule has 2 aromatic rings. The molecule has 0 unspecified atom stereocenters. The van der Waals surface area contributed by atoms with Gasteiger partial charge in [0.15, 0.2) is 0 Å². The first-order valence-electron chi connectivity index (χ1n) is 8.28. The Kier molecular flexibility index (Phi) is 3.89. The fourth-order valence-electron chi connectivity index (χ4n) is 3.62. The minimum absolute atomic E-state index is 0.0550. The van der Waals surface area contributed by atoms with Crippen LogP contribution in [0.2, 0.25) is 0 Å². The van der Waals surface area contributed by atoms with Crippen LogP contribution in [0.4, 0.5) is 5.69 Å². The van der Waals surface area contributed by atoms with Crippen LogP contribution in [0.5, 0.6) is 0 Å². The summed E-state index contributed by atoms with van der Waals surface area (Å²) in [5.41, 5.74) is 8.08. The molecule has 2 aromatic carbocycles. The number of hydrogen-bond acceptors (Lipinski definition) is 1. The fourth-order valence-corrected chi connectivity index (χ4v) is 3.62. The van der Waals surface area contributed by atoms with Crippen LogP contribution in [0.15, 0.2) is 66.4 Å². The Morgan fingerprint density at radius 1 is 0.957 bits per heavy atom. The van der Waals surface area contributed by atoms with E-state index < -0.39 is 0 Å². The average molecular weight is 303 g/mol.